The summed E-state index contributed by atoms with van der Waals surface area (Å²) < 4.78 is 4.73. The fourth-order valence-corrected chi connectivity index (χ4v) is 1.05. The Morgan fingerprint density at radius 3 is 2.92 bits per heavy atom. The molecule has 1 saturated heterocycles. The van der Waals surface area contributed by atoms with Crippen LogP contribution in [-0.2, 0) is 14.3 Å². The summed E-state index contributed by atoms with van der Waals surface area (Å²) in [6.07, 6.45) is 1.66. The summed E-state index contributed by atoms with van der Waals surface area (Å²) in [6, 6.07) is 0. The number of ether oxygens (including phenoxy) is 1. The van der Waals surface area contributed by atoms with Crippen LogP contribution >= 0.6 is 0 Å². The zero-order valence-electron chi connectivity index (χ0n) is 6.92. The van der Waals surface area contributed by atoms with Crippen molar-refractivity contribution in [3.8, 4) is 0 Å². The highest BCUT2D eigenvalue weighted by Gasteiger charge is 2.40. The van der Waals surface area contributed by atoms with Crippen LogP contribution in [0.5, 0.6) is 0 Å². The van der Waals surface area contributed by atoms with Gasteiger partial charge in [0, 0.05) is 6.42 Å². The molecule has 66 valence electrons. The lowest BCUT2D eigenvalue weighted by atomic mass is 10.0. The van der Waals surface area contributed by atoms with Crippen molar-refractivity contribution < 1.29 is 14.3 Å². The Kier molecular flexibility index (Phi) is 2.17. The topological polar surface area (TPSA) is 55.4 Å². The van der Waals surface area contributed by atoms with Gasteiger partial charge in [0.2, 0.25) is 5.91 Å². The van der Waals surface area contributed by atoms with Gasteiger partial charge in [-0.3, -0.25) is 4.79 Å². The van der Waals surface area contributed by atoms with Gasteiger partial charge in [-0.2, -0.15) is 0 Å². The molecule has 4 nitrogen and oxygen atoms in total. The van der Waals surface area contributed by atoms with E-state index in [9.17, 15) is 9.59 Å². The van der Waals surface area contributed by atoms with Gasteiger partial charge in [-0.1, -0.05) is 6.58 Å². The zero-order valence-corrected chi connectivity index (χ0v) is 6.92. The highest BCUT2D eigenvalue weighted by molar-refractivity contribution is 5.93. The minimum atomic E-state index is -0.856. The van der Waals surface area contributed by atoms with Crippen LogP contribution in [0.15, 0.2) is 12.7 Å². The molecule has 0 saturated carbocycles. The first kappa shape index (κ1) is 8.77. The highest BCUT2D eigenvalue weighted by Crippen LogP contribution is 2.18. The van der Waals surface area contributed by atoms with Crippen molar-refractivity contribution in [2.24, 2.45) is 0 Å². The van der Waals surface area contributed by atoms with Crippen LogP contribution in [0.1, 0.15) is 13.3 Å². The quantitative estimate of drug-likeness (QED) is 0.467. The molecule has 1 rings (SSSR count). The summed E-state index contributed by atoms with van der Waals surface area (Å²) in [4.78, 5) is 22.0. The maximum Gasteiger partial charge on any atom is 0.331 e. The van der Waals surface area contributed by atoms with Crippen LogP contribution in [0.4, 0.5) is 0 Å². The Hall–Kier alpha value is -1.32. The maximum atomic E-state index is 11.1. The van der Waals surface area contributed by atoms with Gasteiger partial charge in [0.25, 0.3) is 0 Å². The first-order valence-electron chi connectivity index (χ1n) is 3.70. The fraction of sp³-hybridized carbons (Fsp3) is 0.500. The number of cyclic esters (lactones) is 1. The van der Waals surface area contributed by atoms with Crippen molar-refractivity contribution in [1.29, 1.82) is 0 Å². The average molecular weight is 169 g/mol. The minimum Gasteiger partial charge on any atom is -0.464 e. The number of esters is 1. The van der Waals surface area contributed by atoms with Gasteiger partial charge in [-0.25, -0.2) is 4.79 Å². The van der Waals surface area contributed by atoms with Crippen molar-refractivity contribution >= 4 is 11.9 Å². The molecule has 0 bridgehead atoms. The Balaban J connectivity index is 2.65. The second-order valence-corrected chi connectivity index (χ2v) is 2.91. The van der Waals surface area contributed by atoms with Crippen molar-refractivity contribution in [2.45, 2.75) is 18.9 Å². The summed E-state index contributed by atoms with van der Waals surface area (Å²) in [5.74, 6) is -0.728. The zero-order chi connectivity index (χ0) is 9.19. The Labute approximate surface area is 70.6 Å². The molecule has 12 heavy (non-hydrogen) atoms. The highest BCUT2D eigenvalue weighted by atomic mass is 16.5. The Morgan fingerprint density at radius 1 is 1.83 bits per heavy atom. The van der Waals surface area contributed by atoms with Crippen LogP contribution in [0.25, 0.3) is 0 Å². The van der Waals surface area contributed by atoms with E-state index in [0.29, 0.717) is 13.0 Å². The lowest BCUT2D eigenvalue weighted by Crippen LogP contribution is -2.48. The molecule has 0 aliphatic carbocycles. The fourth-order valence-electron chi connectivity index (χ4n) is 1.05. The predicted octanol–water partition coefficient (Wildman–Crippen LogP) is -0.00580. The van der Waals surface area contributed by atoms with E-state index in [1.54, 1.807) is 6.92 Å². The Bertz CT molecular complexity index is 236. The third-order valence-corrected chi connectivity index (χ3v) is 1.87. The third-order valence-electron chi connectivity index (χ3n) is 1.87. The van der Waals surface area contributed by atoms with Gasteiger partial charge >= 0.3 is 5.97 Å². The molecular weight excluding hydrogens is 158 g/mol. The van der Waals surface area contributed by atoms with E-state index in [1.165, 1.54) is 0 Å². The molecule has 1 N–H and O–H groups in total. The molecule has 1 fully saturated rings. The SMILES string of the molecule is C=CC(=O)NC1(C)CCOC1=O. The molecule has 0 spiro atoms. The molecule has 1 aliphatic heterocycles. The van der Waals surface area contributed by atoms with Crippen molar-refractivity contribution in [2.75, 3.05) is 6.61 Å². The number of hydrogen-bond donors (Lipinski definition) is 1. The molecule has 1 aliphatic rings. The minimum absolute atomic E-state index is 0.351. The Morgan fingerprint density at radius 2 is 2.50 bits per heavy atom. The van der Waals surface area contributed by atoms with Crippen LogP contribution in [0, 0.1) is 0 Å². The normalized spacial score (nSPS) is 27.9. The van der Waals surface area contributed by atoms with E-state index in [2.05, 4.69) is 11.9 Å². The smallest absolute Gasteiger partial charge is 0.331 e. The third kappa shape index (κ3) is 1.47. The van der Waals surface area contributed by atoms with Crippen LogP contribution in [-0.4, -0.2) is 24.0 Å². The van der Waals surface area contributed by atoms with Crippen LogP contribution in [0.3, 0.4) is 0 Å². The largest absolute Gasteiger partial charge is 0.464 e. The van der Waals surface area contributed by atoms with Crippen molar-refractivity contribution in [1.82, 2.24) is 5.32 Å². The van der Waals surface area contributed by atoms with Gasteiger partial charge in [-0.05, 0) is 13.0 Å². The van der Waals surface area contributed by atoms with Crippen molar-refractivity contribution in [3.63, 3.8) is 0 Å². The van der Waals surface area contributed by atoms with Crippen LogP contribution < -0.4 is 5.32 Å². The van der Waals surface area contributed by atoms with Gasteiger partial charge in [0.05, 0.1) is 6.61 Å². The van der Waals surface area contributed by atoms with E-state index < -0.39 is 5.54 Å². The molecule has 1 amide bonds. The van der Waals surface area contributed by atoms with Gasteiger partial charge in [0.1, 0.15) is 5.54 Å². The summed E-state index contributed by atoms with van der Waals surface area (Å²) in [6.45, 7) is 5.31. The molecule has 4 heteroatoms. The predicted molar refractivity (Wildman–Crippen MR) is 42.3 cm³/mol. The van der Waals surface area contributed by atoms with Crippen molar-refractivity contribution in [3.05, 3.63) is 12.7 Å². The first-order chi connectivity index (χ1) is 5.58. The number of amides is 1. The first-order valence-corrected chi connectivity index (χ1v) is 3.70. The van der Waals surface area contributed by atoms with E-state index in [0.717, 1.165) is 6.08 Å². The maximum absolute atomic E-state index is 11.1. The average Bonchev–Trinajstić information content (AvgIpc) is 2.32. The second-order valence-electron chi connectivity index (χ2n) is 2.91. The number of carbonyl (C=O) groups excluding carboxylic acids is 2. The van der Waals surface area contributed by atoms with Gasteiger partial charge in [0.15, 0.2) is 0 Å². The lowest BCUT2D eigenvalue weighted by molar-refractivity contribution is -0.144. The lowest BCUT2D eigenvalue weighted by Gasteiger charge is -2.19. The summed E-state index contributed by atoms with van der Waals surface area (Å²) in [7, 11) is 0. The monoisotopic (exact) mass is 169 g/mol. The van der Waals surface area contributed by atoms with E-state index >= 15 is 0 Å². The molecule has 1 heterocycles. The summed E-state index contributed by atoms with van der Waals surface area (Å²) in [5.41, 5.74) is -0.856. The van der Waals surface area contributed by atoms with E-state index in [1.807, 2.05) is 0 Å². The molecule has 0 aromatic carbocycles. The van der Waals surface area contributed by atoms with E-state index in [-0.39, 0.29) is 11.9 Å². The van der Waals surface area contributed by atoms with Crippen LogP contribution in [0.2, 0.25) is 0 Å². The second kappa shape index (κ2) is 2.97. The molecular formula is C8H11NO3. The molecule has 0 aromatic rings. The number of nitrogens with one attached hydrogen (secondary N) is 1. The molecule has 0 radical (unpaired) electrons. The number of rotatable bonds is 2. The van der Waals surface area contributed by atoms with Gasteiger partial charge in [-0.15, -0.1) is 0 Å². The van der Waals surface area contributed by atoms with E-state index in [4.69, 9.17) is 4.74 Å². The molecule has 1 unspecified atom stereocenters. The molecule has 0 aromatic heterocycles. The standard InChI is InChI=1S/C8H11NO3/c1-3-6(10)9-8(2)4-5-12-7(8)11/h3H,1,4-5H2,2H3,(H,9,10). The number of carbonyl (C=O) groups is 2. The van der Waals surface area contributed by atoms with Gasteiger partial charge < -0.3 is 10.1 Å². The summed E-state index contributed by atoms with van der Waals surface area (Å²) in [5, 5.41) is 2.52. The summed E-state index contributed by atoms with van der Waals surface area (Å²) >= 11 is 0. The number of hydrogen-bond acceptors (Lipinski definition) is 3. The molecule has 1 atom stereocenters.